The molecule has 2 rings (SSSR count). The number of aromatic nitrogens is 2. The van der Waals surface area contributed by atoms with Gasteiger partial charge in [0, 0.05) is 32.9 Å². The third-order valence-corrected chi connectivity index (χ3v) is 3.61. The van der Waals surface area contributed by atoms with E-state index >= 15 is 0 Å². The van der Waals surface area contributed by atoms with E-state index in [-0.39, 0.29) is 24.0 Å². The predicted molar refractivity (Wildman–Crippen MR) is 93.7 cm³/mol. The quantitative estimate of drug-likeness (QED) is 0.350. The zero-order valence-corrected chi connectivity index (χ0v) is 14.8. The summed E-state index contributed by atoms with van der Waals surface area (Å²) >= 11 is 0. The highest BCUT2D eigenvalue weighted by Crippen LogP contribution is 2.17. The molecule has 0 radical (unpaired) electrons. The number of nitrogens with zero attached hydrogens (tertiary/aromatic N) is 3. The van der Waals surface area contributed by atoms with Crippen LogP contribution in [0.5, 0.6) is 0 Å². The monoisotopic (exact) mass is 391 g/mol. The molecule has 0 unspecified atom stereocenters. The first-order chi connectivity index (χ1) is 9.28. The van der Waals surface area contributed by atoms with Gasteiger partial charge in [-0.1, -0.05) is 12.8 Å². The van der Waals surface area contributed by atoms with Gasteiger partial charge >= 0.3 is 0 Å². The van der Waals surface area contributed by atoms with Gasteiger partial charge in [0.05, 0.1) is 6.20 Å². The van der Waals surface area contributed by atoms with E-state index in [1.807, 2.05) is 25.0 Å². The standard InChI is InChI=1S/C14H25N5.HI/c1-15-14(18-13-7-3-4-8-13)16-9-5-6-12-10-17-19(2)11-12;/h10-11,13H,3-9H2,1-2H3,(H2,15,16,18);1H. The van der Waals surface area contributed by atoms with E-state index in [2.05, 4.69) is 26.9 Å². The normalized spacial score (nSPS) is 16.0. The van der Waals surface area contributed by atoms with Gasteiger partial charge in [0.15, 0.2) is 5.96 Å². The first-order valence-corrected chi connectivity index (χ1v) is 7.22. The Labute approximate surface area is 138 Å². The molecule has 1 heterocycles. The predicted octanol–water partition coefficient (Wildman–Crippen LogP) is 2.08. The smallest absolute Gasteiger partial charge is 0.191 e. The molecule has 0 spiro atoms. The van der Waals surface area contributed by atoms with Crippen molar-refractivity contribution in [1.82, 2.24) is 20.4 Å². The first kappa shape index (κ1) is 17.3. The Morgan fingerprint density at radius 2 is 2.20 bits per heavy atom. The molecule has 0 aliphatic heterocycles. The van der Waals surface area contributed by atoms with Crippen molar-refractivity contribution in [3.05, 3.63) is 18.0 Å². The summed E-state index contributed by atoms with van der Waals surface area (Å²) in [5.74, 6) is 0.943. The van der Waals surface area contributed by atoms with E-state index in [0.717, 1.165) is 25.3 Å². The molecule has 1 aromatic heterocycles. The van der Waals surface area contributed by atoms with Crippen LogP contribution in [-0.4, -0.2) is 35.4 Å². The van der Waals surface area contributed by atoms with Crippen molar-refractivity contribution in [2.75, 3.05) is 13.6 Å². The Morgan fingerprint density at radius 3 is 2.80 bits per heavy atom. The third kappa shape index (κ3) is 5.68. The van der Waals surface area contributed by atoms with E-state index < -0.39 is 0 Å². The van der Waals surface area contributed by atoms with Gasteiger partial charge < -0.3 is 10.6 Å². The second-order valence-electron chi connectivity index (χ2n) is 5.25. The van der Waals surface area contributed by atoms with E-state index in [9.17, 15) is 0 Å². The minimum Gasteiger partial charge on any atom is -0.356 e. The summed E-state index contributed by atoms with van der Waals surface area (Å²) in [6.45, 7) is 0.946. The van der Waals surface area contributed by atoms with E-state index in [1.165, 1.54) is 31.2 Å². The fourth-order valence-electron chi connectivity index (χ4n) is 2.56. The van der Waals surface area contributed by atoms with Gasteiger partial charge in [0.2, 0.25) is 0 Å². The van der Waals surface area contributed by atoms with Crippen molar-refractivity contribution >= 4 is 29.9 Å². The van der Waals surface area contributed by atoms with Gasteiger partial charge in [-0.05, 0) is 31.2 Å². The number of halogens is 1. The summed E-state index contributed by atoms with van der Waals surface area (Å²) in [5, 5.41) is 11.1. The lowest BCUT2D eigenvalue weighted by Crippen LogP contribution is -2.42. The summed E-state index contributed by atoms with van der Waals surface area (Å²) in [4.78, 5) is 4.28. The summed E-state index contributed by atoms with van der Waals surface area (Å²) in [6, 6.07) is 0.615. The van der Waals surface area contributed by atoms with Crippen LogP contribution in [0.25, 0.3) is 0 Å². The highest BCUT2D eigenvalue weighted by Gasteiger charge is 2.15. The Morgan fingerprint density at radius 1 is 1.45 bits per heavy atom. The number of hydrogen-bond donors (Lipinski definition) is 2. The Hall–Kier alpha value is -0.790. The molecular weight excluding hydrogens is 365 g/mol. The lowest BCUT2D eigenvalue weighted by atomic mass is 10.2. The largest absolute Gasteiger partial charge is 0.356 e. The third-order valence-electron chi connectivity index (χ3n) is 3.61. The maximum absolute atomic E-state index is 4.28. The molecule has 0 aromatic carbocycles. The van der Waals surface area contributed by atoms with Crippen molar-refractivity contribution in [2.45, 2.75) is 44.6 Å². The average molecular weight is 391 g/mol. The summed E-state index contributed by atoms with van der Waals surface area (Å²) in [6.07, 6.45) is 11.4. The fourth-order valence-corrected chi connectivity index (χ4v) is 2.56. The summed E-state index contributed by atoms with van der Waals surface area (Å²) in [7, 11) is 3.79. The van der Waals surface area contributed by atoms with Crippen LogP contribution in [0.15, 0.2) is 17.4 Å². The van der Waals surface area contributed by atoms with Gasteiger partial charge in [-0.25, -0.2) is 0 Å². The molecule has 20 heavy (non-hydrogen) atoms. The minimum absolute atomic E-state index is 0. The number of nitrogens with one attached hydrogen (secondary N) is 2. The molecule has 2 N–H and O–H groups in total. The van der Waals surface area contributed by atoms with Crippen LogP contribution >= 0.6 is 24.0 Å². The lowest BCUT2D eigenvalue weighted by molar-refractivity contribution is 0.610. The Balaban J connectivity index is 0.00000200. The maximum atomic E-state index is 4.28. The van der Waals surface area contributed by atoms with Crippen LogP contribution in [0.3, 0.4) is 0 Å². The number of rotatable bonds is 5. The van der Waals surface area contributed by atoms with Crippen LogP contribution in [-0.2, 0) is 13.5 Å². The van der Waals surface area contributed by atoms with Crippen LogP contribution in [0, 0.1) is 0 Å². The molecule has 1 fully saturated rings. The summed E-state index contributed by atoms with van der Waals surface area (Å²) < 4.78 is 1.85. The van der Waals surface area contributed by atoms with Gasteiger partial charge in [-0.3, -0.25) is 9.67 Å². The SMILES string of the molecule is CN=C(NCCCc1cnn(C)c1)NC1CCCC1.I. The second-order valence-corrected chi connectivity index (χ2v) is 5.25. The van der Waals surface area contributed by atoms with Gasteiger partial charge in [0.1, 0.15) is 0 Å². The van der Waals surface area contributed by atoms with Crippen molar-refractivity contribution in [3.63, 3.8) is 0 Å². The van der Waals surface area contributed by atoms with Crippen LogP contribution < -0.4 is 10.6 Å². The van der Waals surface area contributed by atoms with Gasteiger partial charge in [0.25, 0.3) is 0 Å². The van der Waals surface area contributed by atoms with E-state index in [0.29, 0.717) is 6.04 Å². The van der Waals surface area contributed by atoms with Crippen LogP contribution in [0.2, 0.25) is 0 Å². The fraction of sp³-hybridized carbons (Fsp3) is 0.714. The molecule has 1 aliphatic carbocycles. The molecule has 114 valence electrons. The highest BCUT2D eigenvalue weighted by atomic mass is 127. The molecule has 5 nitrogen and oxygen atoms in total. The Kier molecular flexibility index (Phi) is 7.94. The molecule has 1 saturated carbocycles. The van der Waals surface area contributed by atoms with Gasteiger partial charge in [-0.2, -0.15) is 5.10 Å². The number of aliphatic imine (C=N–C) groups is 1. The molecule has 0 amide bonds. The first-order valence-electron chi connectivity index (χ1n) is 7.22. The highest BCUT2D eigenvalue weighted by molar-refractivity contribution is 14.0. The van der Waals surface area contributed by atoms with Crippen molar-refractivity contribution in [3.8, 4) is 0 Å². The molecule has 0 saturated heterocycles. The Bertz CT molecular complexity index is 409. The average Bonchev–Trinajstić information content (AvgIpc) is 3.05. The number of hydrogen-bond acceptors (Lipinski definition) is 2. The molecule has 1 aromatic rings. The topological polar surface area (TPSA) is 54.2 Å². The molecular formula is C14H26IN5. The van der Waals surface area contributed by atoms with Crippen molar-refractivity contribution in [2.24, 2.45) is 12.0 Å². The van der Waals surface area contributed by atoms with Crippen LogP contribution in [0.1, 0.15) is 37.7 Å². The minimum atomic E-state index is 0. The van der Waals surface area contributed by atoms with E-state index in [1.54, 1.807) is 0 Å². The molecule has 0 atom stereocenters. The van der Waals surface area contributed by atoms with Crippen molar-refractivity contribution in [1.29, 1.82) is 0 Å². The zero-order valence-electron chi connectivity index (χ0n) is 12.4. The second kappa shape index (κ2) is 9.20. The number of aryl methyl sites for hydroxylation is 2. The van der Waals surface area contributed by atoms with Gasteiger partial charge in [-0.15, -0.1) is 24.0 Å². The van der Waals surface area contributed by atoms with Crippen LogP contribution in [0.4, 0.5) is 0 Å². The van der Waals surface area contributed by atoms with Crippen molar-refractivity contribution < 1.29 is 0 Å². The van der Waals surface area contributed by atoms with E-state index in [4.69, 9.17) is 0 Å². The maximum Gasteiger partial charge on any atom is 0.191 e. The molecule has 6 heteroatoms. The zero-order chi connectivity index (χ0) is 13.5. The molecule has 1 aliphatic rings. The lowest BCUT2D eigenvalue weighted by Gasteiger charge is -2.16. The number of guanidine groups is 1. The molecule has 0 bridgehead atoms. The summed E-state index contributed by atoms with van der Waals surface area (Å²) in [5.41, 5.74) is 1.29.